The highest BCUT2D eigenvalue weighted by molar-refractivity contribution is 5.92. The summed E-state index contributed by atoms with van der Waals surface area (Å²) in [6.07, 6.45) is 1.10. The van der Waals surface area contributed by atoms with Crippen molar-refractivity contribution in [2.45, 2.75) is 40.2 Å². The summed E-state index contributed by atoms with van der Waals surface area (Å²) >= 11 is 0. The molecule has 0 fully saturated rings. The van der Waals surface area contributed by atoms with Crippen molar-refractivity contribution in [3.05, 3.63) is 29.8 Å². The molecule has 0 aliphatic heterocycles. The van der Waals surface area contributed by atoms with Gasteiger partial charge in [-0.3, -0.25) is 4.79 Å². The van der Waals surface area contributed by atoms with Gasteiger partial charge in [0.2, 0.25) is 5.91 Å². The van der Waals surface area contributed by atoms with Crippen LogP contribution < -0.4 is 10.6 Å². The van der Waals surface area contributed by atoms with Crippen molar-refractivity contribution in [1.29, 1.82) is 0 Å². The minimum Gasteiger partial charge on any atom is -0.326 e. The zero-order valence-corrected chi connectivity index (χ0v) is 11.8. The van der Waals surface area contributed by atoms with Crippen LogP contribution in [0.4, 0.5) is 5.69 Å². The van der Waals surface area contributed by atoms with Crippen molar-refractivity contribution in [3.8, 4) is 0 Å². The van der Waals surface area contributed by atoms with Gasteiger partial charge in [0.15, 0.2) is 0 Å². The third kappa shape index (κ3) is 4.15. The van der Waals surface area contributed by atoms with E-state index < -0.39 is 0 Å². The Morgan fingerprint density at radius 3 is 2.50 bits per heavy atom. The molecule has 0 spiro atoms. The average Bonchev–Trinajstić information content (AvgIpc) is 2.36. The number of carbonyl (C=O) groups excluding carboxylic acids is 1. The molecule has 0 aliphatic carbocycles. The van der Waals surface area contributed by atoms with Crippen LogP contribution in [0.1, 0.15) is 45.7 Å². The van der Waals surface area contributed by atoms with E-state index in [-0.39, 0.29) is 17.9 Å². The molecule has 1 rings (SSSR count). The van der Waals surface area contributed by atoms with E-state index in [9.17, 15) is 4.79 Å². The molecule has 3 heteroatoms. The summed E-state index contributed by atoms with van der Waals surface area (Å²) in [6.45, 7) is 9.04. The zero-order valence-electron chi connectivity index (χ0n) is 11.8. The van der Waals surface area contributed by atoms with E-state index in [0.29, 0.717) is 0 Å². The quantitative estimate of drug-likeness (QED) is 0.810. The standard InChI is InChI=1S/C15H24N2O/c1-5-10-16-12(4)13-8-6-7-9-14(13)17-15(18)11(2)3/h6-9,11-12,16H,5,10H2,1-4H3,(H,17,18). The van der Waals surface area contributed by atoms with Crippen LogP contribution in [0.25, 0.3) is 0 Å². The van der Waals surface area contributed by atoms with Crippen molar-refractivity contribution < 1.29 is 4.79 Å². The first kappa shape index (κ1) is 14.7. The van der Waals surface area contributed by atoms with Crippen molar-refractivity contribution in [1.82, 2.24) is 5.32 Å². The molecule has 0 heterocycles. The van der Waals surface area contributed by atoms with E-state index in [1.807, 2.05) is 32.0 Å². The molecule has 0 aromatic heterocycles. The smallest absolute Gasteiger partial charge is 0.226 e. The number of para-hydroxylation sites is 1. The summed E-state index contributed by atoms with van der Waals surface area (Å²) in [7, 11) is 0. The minimum absolute atomic E-state index is 0.00281. The van der Waals surface area contributed by atoms with E-state index in [2.05, 4.69) is 30.5 Å². The highest BCUT2D eigenvalue weighted by atomic mass is 16.1. The lowest BCUT2D eigenvalue weighted by Gasteiger charge is -2.18. The average molecular weight is 248 g/mol. The van der Waals surface area contributed by atoms with Gasteiger partial charge in [-0.25, -0.2) is 0 Å². The maximum absolute atomic E-state index is 11.8. The summed E-state index contributed by atoms with van der Waals surface area (Å²) in [5, 5.41) is 6.43. The molecule has 0 bridgehead atoms. The number of rotatable bonds is 6. The Morgan fingerprint density at radius 1 is 1.22 bits per heavy atom. The Hall–Kier alpha value is -1.35. The first-order chi connectivity index (χ1) is 8.56. The molecule has 1 unspecified atom stereocenters. The number of amides is 1. The van der Waals surface area contributed by atoms with Crippen molar-refractivity contribution in [3.63, 3.8) is 0 Å². The maximum Gasteiger partial charge on any atom is 0.226 e. The van der Waals surface area contributed by atoms with Gasteiger partial charge in [0.1, 0.15) is 0 Å². The molecule has 0 aliphatic rings. The summed E-state index contributed by atoms with van der Waals surface area (Å²) in [5.74, 6) is 0.0575. The number of anilines is 1. The van der Waals surface area contributed by atoms with Gasteiger partial charge < -0.3 is 10.6 Å². The highest BCUT2D eigenvalue weighted by Gasteiger charge is 2.13. The monoisotopic (exact) mass is 248 g/mol. The first-order valence-corrected chi connectivity index (χ1v) is 6.69. The van der Waals surface area contributed by atoms with Crippen molar-refractivity contribution in [2.24, 2.45) is 5.92 Å². The normalized spacial score (nSPS) is 12.5. The molecular formula is C15H24N2O. The van der Waals surface area contributed by atoms with E-state index >= 15 is 0 Å². The number of carbonyl (C=O) groups is 1. The number of hydrogen-bond donors (Lipinski definition) is 2. The van der Waals surface area contributed by atoms with Crippen LogP contribution in [0.3, 0.4) is 0 Å². The van der Waals surface area contributed by atoms with Crippen LogP contribution in [0.5, 0.6) is 0 Å². The van der Waals surface area contributed by atoms with Crippen LogP contribution in [0.2, 0.25) is 0 Å². The molecule has 18 heavy (non-hydrogen) atoms. The summed E-state index contributed by atoms with van der Waals surface area (Å²) in [6, 6.07) is 8.22. The van der Waals surface area contributed by atoms with Gasteiger partial charge in [0.25, 0.3) is 0 Å². The number of nitrogens with one attached hydrogen (secondary N) is 2. The molecule has 1 amide bonds. The van der Waals surface area contributed by atoms with Gasteiger partial charge in [-0.1, -0.05) is 39.0 Å². The van der Waals surface area contributed by atoms with Crippen molar-refractivity contribution >= 4 is 11.6 Å². The second-order valence-corrected chi connectivity index (χ2v) is 4.91. The fourth-order valence-electron chi connectivity index (χ4n) is 1.74. The van der Waals surface area contributed by atoms with Gasteiger partial charge in [-0.05, 0) is 31.5 Å². The van der Waals surface area contributed by atoms with E-state index in [0.717, 1.165) is 24.2 Å². The Kier molecular flexibility index (Phi) is 5.86. The van der Waals surface area contributed by atoms with Gasteiger partial charge >= 0.3 is 0 Å². The molecule has 0 radical (unpaired) electrons. The van der Waals surface area contributed by atoms with Gasteiger partial charge in [0, 0.05) is 17.6 Å². The Balaban J connectivity index is 2.82. The lowest BCUT2D eigenvalue weighted by molar-refractivity contribution is -0.118. The summed E-state index contributed by atoms with van der Waals surface area (Å²) in [5.41, 5.74) is 2.05. The van der Waals surface area contributed by atoms with E-state index in [1.54, 1.807) is 0 Å². The van der Waals surface area contributed by atoms with Crippen LogP contribution >= 0.6 is 0 Å². The lowest BCUT2D eigenvalue weighted by Crippen LogP contribution is -2.23. The summed E-state index contributed by atoms with van der Waals surface area (Å²) < 4.78 is 0. The Morgan fingerprint density at radius 2 is 1.89 bits per heavy atom. The molecule has 1 atom stereocenters. The van der Waals surface area contributed by atoms with Gasteiger partial charge in [0.05, 0.1) is 0 Å². The van der Waals surface area contributed by atoms with E-state index in [1.165, 1.54) is 0 Å². The highest BCUT2D eigenvalue weighted by Crippen LogP contribution is 2.22. The number of benzene rings is 1. The van der Waals surface area contributed by atoms with Gasteiger partial charge in [-0.2, -0.15) is 0 Å². The topological polar surface area (TPSA) is 41.1 Å². The van der Waals surface area contributed by atoms with Gasteiger partial charge in [-0.15, -0.1) is 0 Å². The molecule has 1 aromatic carbocycles. The minimum atomic E-state index is -0.00281. The molecule has 0 saturated carbocycles. The van der Waals surface area contributed by atoms with E-state index in [4.69, 9.17) is 0 Å². The molecule has 0 saturated heterocycles. The third-order valence-corrected chi connectivity index (χ3v) is 2.91. The molecule has 2 N–H and O–H groups in total. The Bertz CT molecular complexity index is 388. The third-order valence-electron chi connectivity index (χ3n) is 2.91. The fraction of sp³-hybridized carbons (Fsp3) is 0.533. The molecular weight excluding hydrogens is 224 g/mol. The second kappa shape index (κ2) is 7.17. The molecule has 1 aromatic rings. The molecule has 100 valence electrons. The fourth-order valence-corrected chi connectivity index (χ4v) is 1.74. The van der Waals surface area contributed by atoms with Crippen LogP contribution in [-0.2, 0) is 4.79 Å². The zero-order chi connectivity index (χ0) is 13.5. The largest absolute Gasteiger partial charge is 0.326 e. The predicted molar refractivity (Wildman–Crippen MR) is 76.6 cm³/mol. The second-order valence-electron chi connectivity index (χ2n) is 4.91. The van der Waals surface area contributed by atoms with Crippen LogP contribution in [0, 0.1) is 5.92 Å². The Labute approximate surface area is 110 Å². The van der Waals surface area contributed by atoms with Crippen LogP contribution in [-0.4, -0.2) is 12.5 Å². The predicted octanol–water partition coefficient (Wildman–Crippen LogP) is 3.34. The number of hydrogen-bond acceptors (Lipinski definition) is 2. The molecule has 3 nitrogen and oxygen atoms in total. The maximum atomic E-state index is 11.8. The van der Waals surface area contributed by atoms with Crippen molar-refractivity contribution in [2.75, 3.05) is 11.9 Å². The summed E-state index contributed by atoms with van der Waals surface area (Å²) in [4.78, 5) is 11.8. The van der Waals surface area contributed by atoms with Crippen LogP contribution in [0.15, 0.2) is 24.3 Å². The first-order valence-electron chi connectivity index (χ1n) is 6.69. The SMILES string of the molecule is CCCNC(C)c1ccccc1NC(=O)C(C)C. The lowest BCUT2D eigenvalue weighted by atomic mass is 10.1.